The minimum absolute atomic E-state index is 0.0496. The summed E-state index contributed by atoms with van der Waals surface area (Å²) in [5.41, 5.74) is 11.8. The molecule has 0 aliphatic heterocycles. The Morgan fingerprint density at radius 3 is 1.91 bits per heavy atom. The maximum absolute atomic E-state index is 13.1. The molecule has 0 radical (unpaired) electrons. The molecule has 0 bridgehead atoms. The van der Waals surface area contributed by atoms with Crippen LogP contribution in [-0.2, 0) is 30.4 Å². The number of aliphatic carboxylic acids is 1. The molecule has 35 heavy (non-hydrogen) atoms. The van der Waals surface area contributed by atoms with E-state index in [-0.39, 0.29) is 18.3 Å². The fourth-order valence-electron chi connectivity index (χ4n) is 3.25. The summed E-state index contributed by atoms with van der Waals surface area (Å²) < 4.78 is 0. The lowest BCUT2D eigenvalue weighted by molar-refractivity contribution is -0.144. The zero-order valence-electron chi connectivity index (χ0n) is 20.6. The Morgan fingerprint density at radius 1 is 0.886 bits per heavy atom. The molecule has 194 valence electrons. The van der Waals surface area contributed by atoms with Crippen LogP contribution in [0.1, 0.15) is 46.1 Å². The smallest absolute Gasteiger partial charge is 0.326 e. The highest BCUT2D eigenvalue weighted by Crippen LogP contribution is 2.10. The number of primary amides is 1. The quantitative estimate of drug-likeness (QED) is 0.205. The van der Waals surface area contributed by atoms with Crippen molar-refractivity contribution in [3.63, 3.8) is 0 Å². The van der Waals surface area contributed by atoms with Crippen molar-refractivity contribution in [3.8, 4) is 0 Å². The molecule has 8 N–H and O–H groups in total. The van der Waals surface area contributed by atoms with Gasteiger partial charge in [-0.15, -0.1) is 0 Å². The van der Waals surface area contributed by atoms with E-state index in [1.54, 1.807) is 58.0 Å². The van der Waals surface area contributed by atoms with Gasteiger partial charge in [-0.05, 0) is 17.4 Å². The number of hydrogen-bond acceptors (Lipinski definition) is 6. The number of amides is 4. The van der Waals surface area contributed by atoms with E-state index in [0.717, 1.165) is 0 Å². The van der Waals surface area contributed by atoms with Crippen LogP contribution in [0.2, 0.25) is 0 Å². The predicted octanol–water partition coefficient (Wildman–Crippen LogP) is -0.327. The molecule has 11 nitrogen and oxygen atoms in total. The van der Waals surface area contributed by atoms with Gasteiger partial charge in [0.05, 0.1) is 12.5 Å². The van der Waals surface area contributed by atoms with Crippen LogP contribution in [0, 0.1) is 11.8 Å². The van der Waals surface area contributed by atoms with Crippen molar-refractivity contribution in [1.29, 1.82) is 0 Å². The Hall–Kier alpha value is -3.47. The van der Waals surface area contributed by atoms with Crippen LogP contribution in [0.15, 0.2) is 30.3 Å². The van der Waals surface area contributed by atoms with Crippen LogP contribution in [0.4, 0.5) is 0 Å². The van der Waals surface area contributed by atoms with E-state index >= 15 is 0 Å². The number of rotatable bonds is 14. The fraction of sp³-hybridized carbons (Fsp3) is 0.542. The molecule has 4 amide bonds. The van der Waals surface area contributed by atoms with Crippen LogP contribution in [0.5, 0.6) is 0 Å². The van der Waals surface area contributed by atoms with Gasteiger partial charge in [-0.2, -0.15) is 0 Å². The number of carboxylic acids is 1. The summed E-state index contributed by atoms with van der Waals surface area (Å²) in [7, 11) is 0. The number of carbonyl (C=O) groups is 5. The van der Waals surface area contributed by atoms with Crippen LogP contribution in [0.25, 0.3) is 0 Å². The Balaban J connectivity index is 3.17. The van der Waals surface area contributed by atoms with Gasteiger partial charge in [0.25, 0.3) is 0 Å². The van der Waals surface area contributed by atoms with Crippen LogP contribution < -0.4 is 27.4 Å². The highest BCUT2D eigenvalue weighted by atomic mass is 16.4. The van der Waals surface area contributed by atoms with E-state index in [1.807, 2.05) is 0 Å². The Labute approximate surface area is 205 Å². The molecular formula is C24H37N5O6. The van der Waals surface area contributed by atoms with Crippen molar-refractivity contribution in [2.45, 2.75) is 71.1 Å². The van der Waals surface area contributed by atoms with Crippen molar-refractivity contribution in [2.75, 3.05) is 0 Å². The first-order chi connectivity index (χ1) is 16.4. The summed E-state index contributed by atoms with van der Waals surface area (Å²) in [6.07, 6.45) is 0.0521. The molecule has 0 spiro atoms. The molecule has 1 aromatic carbocycles. The average Bonchev–Trinajstić information content (AvgIpc) is 2.80. The summed E-state index contributed by atoms with van der Waals surface area (Å²) in [4.78, 5) is 61.8. The van der Waals surface area contributed by atoms with Gasteiger partial charge < -0.3 is 32.5 Å². The molecule has 5 unspecified atom stereocenters. The highest BCUT2D eigenvalue weighted by molar-refractivity contribution is 5.96. The van der Waals surface area contributed by atoms with Gasteiger partial charge in [0, 0.05) is 6.42 Å². The lowest BCUT2D eigenvalue weighted by Crippen LogP contribution is -2.59. The minimum Gasteiger partial charge on any atom is -0.480 e. The number of benzene rings is 1. The minimum atomic E-state index is -1.36. The third-order valence-corrected chi connectivity index (χ3v) is 5.75. The number of carbonyl (C=O) groups excluding carboxylic acids is 4. The molecule has 0 heterocycles. The lowest BCUT2D eigenvalue weighted by Gasteiger charge is -2.26. The first-order valence-corrected chi connectivity index (χ1v) is 11.6. The Kier molecular flexibility index (Phi) is 11.9. The predicted molar refractivity (Wildman–Crippen MR) is 130 cm³/mol. The Morgan fingerprint density at radius 2 is 1.43 bits per heavy atom. The number of hydrogen-bond donors (Lipinski definition) is 6. The summed E-state index contributed by atoms with van der Waals surface area (Å²) >= 11 is 0. The summed E-state index contributed by atoms with van der Waals surface area (Å²) in [5, 5.41) is 17.0. The van der Waals surface area contributed by atoms with Crippen LogP contribution in [0.3, 0.4) is 0 Å². The molecule has 0 saturated heterocycles. The summed E-state index contributed by atoms with van der Waals surface area (Å²) in [6.45, 7) is 6.95. The van der Waals surface area contributed by atoms with E-state index < -0.39 is 60.2 Å². The molecule has 0 saturated carbocycles. The zero-order valence-corrected chi connectivity index (χ0v) is 20.6. The van der Waals surface area contributed by atoms with E-state index in [9.17, 15) is 29.1 Å². The number of nitrogens with two attached hydrogens (primary N) is 2. The fourth-order valence-corrected chi connectivity index (χ4v) is 3.25. The topological polar surface area (TPSA) is 194 Å². The van der Waals surface area contributed by atoms with E-state index in [4.69, 9.17) is 11.5 Å². The van der Waals surface area contributed by atoms with Gasteiger partial charge >= 0.3 is 5.97 Å². The van der Waals surface area contributed by atoms with Gasteiger partial charge in [-0.25, -0.2) is 4.79 Å². The van der Waals surface area contributed by atoms with Gasteiger partial charge in [-0.3, -0.25) is 19.2 Å². The lowest BCUT2D eigenvalue weighted by atomic mass is 9.98. The molecule has 0 aliphatic carbocycles. The zero-order chi connectivity index (χ0) is 26.7. The van der Waals surface area contributed by atoms with Crippen molar-refractivity contribution in [2.24, 2.45) is 23.3 Å². The van der Waals surface area contributed by atoms with E-state index in [0.29, 0.717) is 12.0 Å². The van der Waals surface area contributed by atoms with Gasteiger partial charge in [0.15, 0.2) is 0 Å². The van der Waals surface area contributed by atoms with Crippen molar-refractivity contribution >= 4 is 29.6 Å². The molecule has 11 heteroatoms. The number of carboxylic acid groups (broad SMARTS) is 1. The molecule has 1 aromatic rings. The molecule has 1 rings (SSSR count). The second kappa shape index (κ2) is 14.1. The third-order valence-electron chi connectivity index (χ3n) is 5.75. The second-order valence-corrected chi connectivity index (χ2v) is 8.96. The van der Waals surface area contributed by atoms with E-state index in [2.05, 4.69) is 16.0 Å². The van der Waals surface area contributed by atoms with Gasteiger partial charge in [0.2, 0.25) is 23.6 Å². The first-order valence-electron chi connectivity index (χ1n) is 11.6. The highest BCUT2D eigenvalue weighted by Gasteiger charge is 2.32. The average molecular weight is 492 g/mol. The molecule has 0 aliphatic rings. The second-order valence-electron chi connectivity index (χ2n) is 8.96. The monoisotopic (exact) mass is 491 g/mol. The molecule has 5 atom stereocenters. The standard InChI is InChI=1S/C24H37N5O6/c1-5-14(4)20(24(34)35)29-22(32)16(11-15-9-7-6-8-10-15)27-21(31)17(12-18(25)30)28-23(33)19(26)13(2)3/h6-10,13-14,16-17,19-20H,5,11-12,26H2,1-4H3,(H2,25,30)(H,27,31)(H,28,33)(H,29,32)(H,34,35). The maximum Gasteiger partial charge on any atom is 0.326 e. The van der Waals surface area contributed by atoms with Crippen molar-refractivity contribution in [3.05, 3.63) is 35.9 Å². The van der Waals surface area contributed by atoms with Crippen LogP contribution in [-0.4, -0.2) is 58.9 Å². The largest absolute Gasteiger partial charge is 0.480 e. The van der Waals surface area contributed by atoms with Gasteiger partial charge in [-0.1, -0.05) is 64.4 Å². The summed E-state index contributed by atoms with van der Waals surface area (Å²) in [5.74, 6) is -4.79. The Bertz CT molecular complexity index is 892. The first kappa shape index (κ1) is 29.6. The molecule has 0 aromatic heterocycles. The van der Waals surface area contributed by atoms with E-state index in [1.165, 1.54) is 0 Å². The molecular weight excluding hydrogens is 454 g/mol. The maximum atomic E-state index is 13.1. The SMILES string of the molecule is CCC(C)C(NC(=O)C(Cc1ccccc1)NC(=O)C(CC(N)=O)NC(=O)C(N)C(C)C)C(=O)O. The normalized spacial score (nSPS) is 15.3. The van der Waals surface area contributed by atoms with Crippen molar-refractivity contribution in [1.82, 2.24) is 16.0 Å². The summed E-state index contributed by atoms with van der Waals surface area (Å²) in [6, 6.07) is 4.18. The van der Waals surface area contributed by atoms with Crippen LogP contribution >= 0.6 is 0 Å². The van der Waals surface area contributed by atoms with Gasteiger partial charge in [0.1, 0.15) is 18.1 Å². The number of nitrogens with one attached hydrogen (secondary N) is 3. The van der Waals surface area contributed by atoms with Crippen molar-refractivity contribution < 1.29 is 29.1 Å². The molecule has 0 fully saturated rings. The third kappa shape index (κ3) is 9.73.